The topological polar surface area (TPSA) is 66.4 Å². The lowest BCUT2D eigenvalue weighted by Crippen LogP contribution is -2.25. The Morgan fingerprint density at radius 1 is 1.29 bits per heavy atom. The largest absolute Gasteiger partial charge is 0.396 e. The van der Waals surface area contributed by atoms with E-state index in [4.69, 9.17) is 5.11 Å². The van der Waals surface area contributed by atoms with Gasteiger partial charge in [0.1, 0.15) is 0 Å². The number of aliphatic hydroxyl groups excluding tert-OH is 1. The van der Waals surface area contributed by atoms with Crippen molar-refractivity contribution >= 4 is 21.4 Å². The Kier molecular flexibility index (Phi) is 5.58. The number of sulfonamides is 1. The highest BCUT2D eigenvalue weighted by Gasteiger charge is 2.18. The lowest BCUT2D eigenvalue weighted by molar-refractivity contribution is 0.283. The molecule has 0 unspecified atom stereocenters. The number of aliphatic hydroxyl groups is 1. The Morgan fingerprint density at radius 2 is 2.00 bits per heavy atom. The highest BCUT2D eigenvalue weighted by molar-refractivity contribution is 7.89. The standard InChI is InChI=1S/C11H19NO3S2/c1-9-8-11(10(2)16-9)17(14,15)12-6-4-3-5-7-13/h8,12-13H,3-7H2,1-2H3. The summed E-state index contributed by atoms with van der Waals surface area (Å²) in [5, 5.41) is 8.61. The zero-order valence-corrected chi connectivity index (χ0v) is 11.8. The molecule has 0 radical (unpaired) electrons. The minimum absolute atomic E-state index is 0.162. The predicted molar refractivity (Wildman–Crippen MR) is 69.9 cm³/mol. The molecule has 1 heterocycles. The van der Waals surface area contributed by atoms with Crippen LogP contribution in [0.2, 0.25) is 0 Å². The van der Waals surface area contributed by atoms with Crippen molar-refractivity contribution in [1.82, 2.24) is 4.72 Å². The second kappa shape index (κ2) is 6.49. The molecular formula is C11H19NO3S2. The van der Waals surface area contributed by atoms with Crippen LogP contribution in [0, 0.1) is 13.8 Å². The van der Waals surface area contributed by atoms with Crippen molar-refractivity contribution in [1.29, 1.82) is 0 Å². The first kappa shape index (κ1) is 14.6. The molecule has 1 rings (SSSR count). The van der Waals surface area contributed by atoms with Crippen LogP contribution in [-0.4, -0.2) is 26.7 Å². The van der Waals surface area contributed by atoms with Crippen LogP contribution >= 0.6 is 11.3 Å². The summed E-state index contributed by atoms with van der Waals surface area (Å²) in [4.78, 5) is 2.22. The molecule has 0 aliphatic heterocycles. The van der Waals surface area contributed by atoms with Gasteiger partial charge in [0.15, 0.2) is 0 Å². The summed E-state index contributed by atoms with van der Waals surface area (Å²) >= 11 is 1.49. The van der Waals surface area contributed by atoms with Gasteiger partial charge in [0.2, 0.25) is 10.0 Å². The van der Waals surface area contributed by atoms with Gasteiger partial charge >= 0.3 is 0 Å². The van der Waals surface area contributed by atoms with Crippen molar-refractivity contribution in [3.8, 4) is 0 Å². The Morgan fingerprint density at radius 3 is 2.53 bits per heavy atom. The SMILES string of the molecule is Cc1cc(S(=O)(=O)NCCCCCO)c(C)s1. The summed E-state index contributed by atoms with van der Waals surface area (Å²) in [5.74, 6) is 0. The van der Waals surface area contributed by atoms with Gasteiger partial charge in [-0.25, -0.2) is 13.1 Å². The number of unbranched alkanes of at least 4 members (excludes halogenated alkanes) is 2. The summed E-state index contributed by atoms with van der Waals surface area (Å²) in [5.41, 5.74) is 0. The third-order valence-electron chi connectivity index (χ3n) is 2.41. The highest BCUT2D eigenvalue weighted by atomic mass is 32.2. The maximum atomic E-state index is 11.9. The molecule has 0 saturated carbocycles. The first-order valence-corrected chi connectivity index (χ1v) is 7.95. The summed E-state index contributed by atoms with van der Waals surface area (Å²) < 4.78 is 26.5. The van der Waals surface area contributed by atoms with E-state index in [-0.39, 0.29) is 6.61 Å². The zero-order chi connectivity index (χ0) is 12.9. The highest BCUT2D eigenvalue weighted by Crippen LogP contribution is 2.24. The van der Waals surface area contributed by atoms with E-state index in [1.165, 1.54) is 11.3 Å². The van der Waals surface area contributed by atoms with E-state index in [0.717, 1.165) is 29.0 Å². The van der Waals surface area contributed by atoms with Gasteiger partial charge < -0.3 is 5.11 Å². The lowest BCUT2D eigenvalue weighted by Gasteiger charge is -2.05. The Balaban J connectivity index is 2.54. The molecule has 0 amide bonds. The first-order valence-electron chi connectivity index (χ1n) is 5.65. The first-order chi connectivity index (χ1) is 7.97. The van der Waals surface area contributed by atoms with Gasteiger partial charge in [0, 0.05) is 22.9 Å². The molecule has 6 heteroatoms. The van der Waals surface area contributed by atoms with Crippen LogP contribution in [0.5, 0.6) is 0 Å². The molecule has 0 atom stereocenters. The van der Waals surface area contributed by atoms with E-state index in [2.05, 4.69) is 4.72 Å². The van der Waals surface area contributed by atoms with E-state index < -0.39 is 10.0 Å². The number of thiophene rings is 1. The van der Waals surface area contributed by atoms with Gasteiger partial charge in [0.05, 0.1) is 4.90 Å². The molecule has 0 spiro atoms. The Hall–Kier alpha value is -0.430. The Labute approximate surface area is 107 Å². The molecule has 0 saturated heterocycles. The van der Waals surface area contributed by atoms with Gasteiger partial charge in [0.25, 0.3) is 0 Å². The normalized spacial score (nSPS) is 11.9. The van der Waals surface area contributed by atoms with Gasteiger partial charge in [-0.1, -0.05) is 0 Å². The molecule has 1 aromatic heterocycles. The zero-order valence-electron chi connectivity index (χ0n) is 10.2. The molecule has 0 bridgehead atoms. The van der Waals surface area contributed by atoms with Crippen LogP contribution in [0.15, 0.2) is 11.0 Å². The fourth-order valence-corrected chi connectivity index (χ4v) is 4.20. The lowest BCUT2D eigenvalue weighted by atomic mass is 10.2. The van der Waals surface area contributed by atoms with E-state index in [0.29, 0.717) is 11.4 Å². The van der Waals surface area contributed by atoms with Crippen LogP contribution in [-0.2, 0) is 10.0 Å². The number of hydrogen-bond donors (Lipinski definition) is 2. The molecule has 17 heavy (non-hydrogen) atoms. The van der Waals surface area contributed by atoms with E-state index in [1.54, 1.807) is 6.07 Å². The number of aryl methyl sites for hydroxylation is 2. The van der Waals surface area contributed by atoms with Crippen molar-refractivity contribution < 1.29 is 13.5 Å². The van der Waals surface area contributed by atoms with Gasteiger partial charge in [-0.05, 0) is 39.2 Å². The van der Waals surface area contributed by atoms with E-state index >= 15 is 0 Å². The van der Waals surface area contributed by atoms with Crippen LogP contribution in [0.1, 0.15) is 29.0 Å². The second-order valence-electron chi connectivity index (χ2n) is 3.96. The minimum Gasteiger partial charge on any atom is -0.396 e. The summed E-state index contributed by atoms with van der Waals surface area (Å²) in [7, 11) is -3.36. The van der Waals surface area contributed by atoms with Crippen LogP contribution in [0.3, 0.4) is 0 Å². The summed E-state index contributed by atoms with van der Waals surface area (Å²) in [6, 6.07) is 1.70. The molecule has 1 aromatic rings. The molecule has 0 aromatic carbocycles. The smallest absolute Gasteiger partial charge is 0.241 e. The van der Waals surface area contributed by atoms with Crippen molar-refractivity contribution in [2.24, 2.45) is 0 Å². The summed E-state index contributed by atoms with van der Waals surface area (Å²) in [6.45, 7) is 4.31. The molecule has 98 valence electrons. The molecular weight excluding hydrogens is 258 g/mol. The van der Waals surface area contributed by atoms with Crippen LogP contribution < -0.4 is 4.72 Å². The third-order valence-corrected chi connectivity index (χ3v) is 5.09. The van der Waals surface area contributed by atoms with Crippen molar-refractivity contribution in [3.05, 3.63) is 15.8 Å². The molecule has 0 aliphatic carbocycles. The quantitative estimate of drug-likeness (QED) is 0.747. The summed E-state index contributed by atoms with van der Waals surface area (Å²) in [6.07, 6.45) is 2.31. The second-order valence-corrected chi connectivity index (χ2v) is 7.16. The van der Waals surface area contributed by atoms with Gasteiger partial charge in [-0.15, -0.1) is 11.3 Å². The number of nitrogens with one attached hydrogen (secondary N) is 1. The van der Waals surface area contributed by atoms with Gasteiger partial charge in [-0.3, -0.25) is 0 Å². The maximum Gasteiger partial charge on any atom is 0.241 e. The number of rotatable bonds is 7. The molecule has 4 nitrogen and oxygen atoms in total. The van der Waals surface area contributed by atoms with Crippen LogP contribution in [0.4, 0.5) is 0 Å². The third kappa shape index (κ3) is 4.39. The molecule has 0 fully saturated rings. The van der Waals surface area contributed by atoms with E-state index in [1.807, 2.05) is 13.8 Å². The maximum absolute atomic E-state index is 11.9. The Bertz CT molecular complexity index is 451. The monoisotopic (exact) mass is 277 g/mol. The van der Waals surface area contributed by atoms with Crippen LogP contribution in [0.25, 0.3) is 0 Å². The van der Waals surface area contributed by atoms with Crippen molar-refractivity contribution in [3.63, 3.8) is 0 Å². The van der Waals surface area contributed by atoms with Crippen molar-refractivity contribution in [2.75, 3.05) is 13.2 Å². The molecule has 2 N–H and O–H groups in total. The average Bonchev–Trinajstić information content (AvgIpc) is 2.58. The fourth-order valence-electron chi connectivity index (χ4n) is 1.57. The fraction of sp³-hybridized carbons (Fsp3) is 0.636. The van der Waals surface area contributed by atoms with E-state index in [9.17, 15) is 8.42 Å². The van der Waals surface area contributed by atoms with Crippen molar-refractivity contribution in [2.45, 2.75) is 38.0 Å². The minimum atomic E-state index is -3.36. The molecule has 0 aliphatic rings. The predicted octanol–water partition coefficient (Wildman–Crippen LogP) is 1.81. The van der Waals surface area contributed by atoms with Gasteiger partial charge in [-0.2, -0.15) is 0 Å². The average molecular weight is 277 g/mol. The number of hydrogen-bond acceptors (Lipinski definition) is 4.